The van der Waals surface area contributed by atoms with Gasteiger partial charge in [-0.2, -0.15) is 0 Å². The number of hydrogen-bond donors (Lipinski definition) is 5. The molecule has 0 aromatic rings. The van der Waals surface area contributed by atoms with Gasteiger partial charge in [-0.1, -0.05) is 12.8 Å². The third-order valence-electron chi connectivity index (χ3n) is 8.68. The van der Waals surface area contributed by atoms with Gasteiger partial charge in [0.1, 0.15) is 5.50 Å². The molecule has 10 heteroatoms. The van der Waals surface area contributed by atoms with Gasteiger partial charge in [0.25, 0.3) is 0 Å². The van der Waals surface area contributed by atoms with Crippen molar-refractivity contribution in [1.82, 2.24) is 31.5 Å². The Morgan fingerprint density at radius 1 is 1.06 bits per heavy atom. The van der Waals surface area contributed by atoms with Crippen LogP contribution in [0.2, 0.25) is 0 Å². The lowest BCUT2D eigenvalue weighted by molar-refractivity contribution is -0.135. The number of ether oxygens (including phenoxy) is 1. The van der Waals surface area contributed by atoms with E-state index in [1.807, 2.05) is 12.0 Å². The zero-order chi connectivity index (χ0) is 23.7. The standard InChI is InChI=1S/C24H42N6O3S/c1-14-7-17(16-5-3-4-6-20(16)33-2)18(10-27-14)22(31)29-24-28-19-11-30(12-21(19)34-24)23(32)15-8-25-13-26-9-15/h14-21,24-28H,3-13H2,1-2H3,(H,29,31). The minimum Gasteiger partial charge on any atom is -0.381 e. The smallest absolute Gasteiger partial charge is 0.228 e. The highest BCUT2D eigenvalue weighted by Crippen LogP contribution is 2.40. The third-order valence-corrected chi connectivity index (χ3v) is 10.0. The average Bonchev–Trinajstić information content (AvgIpc) is 3.42. The fourth-order valence-electron chi connectivity index (χ4n) is 6.86. The van der Waals surface area contributed by atoms with Gasteiger partial charge in [0.15, 0.2) is 0 Å². The number of piperidine rings is 1. The highest BCUT2D eigenvalue weighted by molar-refractivity contribution is 8.00. The van der Waals surface area contributed by atoms with Gasteiger partial charge < -0.3 is 30.9 Å². The van der Waals surface area contributed by atoms with Crippen LogP contribution in [0.5, 0.6) is 0 Å². The predicted molar refractivity (Wildman–Crippen MR) is 133 cm³/mol. The molecule has 2 amide bonds. The van der Waals surface area contributed by atoms with Crippen molar-refractivity contribution in [1.29, 1.82) is 0 Å². The summed E-state index contributed by atoms with van der Waals surface area (Å²) in [7, 11) is 1.83. The van der Waals surface area contributed by atoms with E-state index in [0.29, 0.717) is 23.1 Å². The lowest BCUT2D eigenvalue weighted by atomic mass is 9.68. The predicted octanol–water partition coefficient (Wildman–Crippen LogP) is -0.112. The number of hydrogen-bond acceptors (Lipinski definition) is 8. The quantitative estimate of drug-likeness (QED) is 0.361. The zero-order valence-corrected chi connectivity index (χ0v) is 21.4. The molecule has 5 rings (SSSR count). The van der Waals surface area contributed by atoms with Crippen LogP contribution >= 0.6 is 11.8 Å². The molecule has 4 heterocycles. The number of amides is 2. The van der Waals surface area contributed by atoms with E-state index in [1.165, 1.54) is 12.8 Å². The second kappa shape index (κ2) is 11.0. The molecular formula is C24H42N6O3S. The first-order valence-electron chi connectivity index (χ1n) is 13.2. The summed E-state index contributed by atoms with van der Waals surface area (Å²) in [5.41, 5.74) is -0.0812. The molecular weight excluding hydrogens is 452 g/mol. The minimum absolute atomic E-state index is 0.0157. The summed E-state index contributed by atoms with van der Waals surface area (Å²) in [5.74, 6) is 1.21. The van der Waals surface area contributed by atoms with Crippen LogP contribution in [-0.4, -0.2) is 92.2 Å². The van der Waals surface area contributed by atoms with Crippen molar-refractivity contribution < 1.29 is 14.3 Å². The van der Waals surface area contributed by atoms with Gasteiger partial charge in [0.05, 0.1) is 17.9 Å². The van der Waals surface area contributed by atoms with Gasteiger partial charge in [-0.05, 0) is 38.0 Å². The summed E-state index contributed by atoms with van der Waals surface area (Å²) >= 11 is 1.77. The van der Waals surface area contributed by atoms with E-state index in [0.717, 1.165) is 58.7 Å². The number of rotatable bonds is 5. The molecule has 9 nitrogen and oxygen atoms in total. The van der Waals surface area contributed by atoms with Crippen LogP contribution in [0.25, 0.3) is 0 Å². The number of thioether (sulfide) groups is 1. The number of carbonyl (C=O) groups excluding carboxylic acids is 2. The first kappa shape index (κ1) is 24.8. The molecule has 0 bridgehead atoms. The Labute approximate surface area is 207 Å². The second-order valence-electron chi connectivity index (χ2n) is 10.9. The molecule has 5 N–H and O–H groups in total. The highest BCUT2D eigenvalue weighted by atomic mass is 32.2. The van der Waals surface area contributed by atoms with Gasteiger partial charge in [-0.25, -0.2) is 0 Å². The number of fused-ring (bicyclic) bond motifs is 1. The van der Waals surface area contributed by atoms with Crippen LogP contribution in [0.1, 0.15) is 39.0 Å². The van der Waals surface area contributed by atoms with E-state index in [-0.39, 0.29) is 41.3 Å². The van der Waals surface area contributed by atoms with Crippen LogP contribution < -0.4 is 26.6 Å². The maximum Gasteiger partial charge on any atom is 0.228 e. The van der Waals surface area contributed by atoms with Crippen molar-refractivity contribution in [2.45, 2.75) is 68.0 Å². The summed E-state index contributed by atoms with van der Waals surface area (Å²) in [6, 6.07) is 0.671. The Bertz CT molecular complexity index is 723. The van der Waals surface area contributed by atoms with E-state index in [1.54, 1.807) is 11.8 Å². The lowest BCUT2D eigenvalue weighted by Gasteiger charge is -2.44. The Morgan fingerprint density at radius 3 is 2.62 bits per heavy atom. The Kier molecular flexibility index (Phi) is 8.02. The van der Waals surface area contributed by atoms with Gasteiger partial charge >= 0.3 is 0 Å². The third kappa shape index (κ3) is 5.27. The largest absolute Gasteiger partial charge is 0.381 e. The number of carbonyl (C=O) groups is 2. The van der Waals surface area contributed by atoms with Crippen LogP contribution in [0.15, 0.2) is 0 Å². The molecule has 0 aromatic carbocycles. The maximum atomic E-state index is 13.5. The summed E-state index contributed by atoms with van der Waals surface area (Å²) in [5, 5.41) is 17.3. The summed E-state index contributed by atoms with van der Waals surface area (Å²) in [6.07, 6.45) is 6.04. The molecule has 34 heavy (non-hydrogen) atoms. The second-order valence-corrected chi connectivity index (χ2v) is 12.2. The highest BCUT2D eigenvalue weighted by Gasteiger charge is 2.46. The molecule has 4 aliphatic heterocycles. The first-order valence-corrected chi connectivity index (χ1v) is 14.2. The molecule has 0 spiro atoms. The molecule has 8 atom stereocenters. The molecule has 5 aliphatic rings. The zero-order valence-electron chi connectivity index (χ0n) is 20.6. The van der Waals surface area contributed by atoms with Crippen molar-refractivity contribution in [2.75, 3.05) is 46.5 Å². The molecule has 4 saturated heterocycles. The molecule has 8 unspecified atom stereocenters. The number of likely N-dealkylation sites (tertiary alicyclic amines) is 1. The minimum atomic E-state index is -0.0812. The van der Waals surface area contributed by atoms with E-state index < -0.39 is 0 Å². The fraction of sp³-hybridized carbons (Fsp3) is 0.917. The summed E-state index contributed by atoms with van der Waals surface area (Å²) < 4.78 is 5.87. The van der Waals surface area contributed by atoms with Crippen molar-refractivity contribution in [3.8, 4) is 0 Å². The van der Waals surface area contributed by atoms with Gasteiger partial charge in [0, 0.05) is 63.8 Å². The normalized spacial score (nSPS) is 41.3. The summed E-state index contributed by atoms with van der Waals surface area (Å²) in [4.78, 5) is 28.4. The fourth-order valence-corrected chi connectivity index (χ4v) is 8.27. The Balaban J connectivity index is 1.15. The topological polar surface area (TPSA) is 107 Å². The van der Waals surface area contributed by atoms with Crippen LogP contribution in [0.3, 0.4) is 0 Å². The van der Waals surface area contributed by atoms with Gasteiger partial charge in [-0.3, -0.25) is 14.9 Å². The van der Waals surface area contributed by atoms with Crippen molar-refractivity contribution >= 4 is 23.6 Å². The molecule has 5 fully saturated rings. The van der Waals surface area contributed by atoms with E-state index in [4.69, 9.17) is 4.74 Å². The Hall–Kier alpha value is -0.910. The molecule has 192 valence electrons. The first-order chi connectivity index (χ1) is 16.5. The van der Waals surface area contributed by atoms with Crippen LogP contribution in [0.4, 0.5) is 0 Å². The van der Waals surface area contributed by atoms with Crippen molar-refractivity contribution in [3.05, 3.63) is 0 Å². The number of methoxy groups -OCH3 is 1. The van der Waals surface area contributed by atoms with E-state index in [9.17, 15) is 9.59 Å². The molecule has 0 radical (unpaired) electrons. The average molecular weight is 495 g/mol. The monoisotopic (exact) mass is 494 g/mol. The van der Waals surface area contributed by atoms with Gasteiger partial charge in [0.2, 0.25) is 11.8 Å². The van der Waals surface area contributed by atoms with Crippen LogP contribution in [0, 0.1) is 23.7 Å². The Morgan fingerprint density at radius 2 is 1.85 bits per heavy atom. The number of nitrogens with zero attached hydrogens (tertiary/aromatic N) is 1. The van der Waals surface area contributed by atoms with Crippen LogP contribution in [-0.2, 0) is 14.3 Å². The van der Waals surface area contributed by atoms with E-state index >= 15 is 0 Å². The summed E-state index contributed by atoms with van der Waals surface area (Å²) in [6.45, 7) is 6.72. The molecule has 0 aromatic heterocycles. The SMILES string of the molecule is COC1CCCCC1C1CC(C)NCC1C(=O)NC1NC2CN(C(=O)C3CNCNC3)CC2S1. The molecule has 1 aliphatic carbocycles. The number of nitrogens with one attached hydrogen (secondary N) is 5. The maximum absolute atomic E-state index is 13.5. The van der Waals surface area contributed by atoms with Crippen molar-refractivity contribution in [3.63, 3.8) is 0 Å². The molecule has 1 saturated carbocycles. The van der Waals surface area contributed by atoms with Gasteiger partial charge in [-0.15, -0.1) is 11.8 Å². The van der Waals surface area contributed by atoms with Crippen molar-refractivity contribution in [2.24, 2.45) is 23.7 Å². The van der Waals surface area contributed by atoms with E-state index in [2.05, 4.69) is 33.5 Å². The lowest BCUT2D eigenvalue weighted by Crippen LogP contribution is -2.55.